The van der Waals surface area contributed by atoms with Gasteiger partial charge in [-0.1, -0.05) is 140 Å². The van der Waals surface area contributed by atoms with E-state index in [1.54, 1.807) is 0 Å². The fourth-order valence-electron chi connectivity index (χ4n) is 6.31. The van der Waals surface area contributed by atoms with E-state index in [0.717, 1.165) is 38.9 Å². The van der Waals surface area contributed by atoms with Gasteiger partial charge in [0, 0.05) is 5.92 Å². The molecule has 1 unspecified atom stereocenters. The van der Waals surface area contributed by atoms with E-state index in [9.17, 15) is 14.7 Å². The molecule has 0 radical (unpaired) electrons. The molecule has 0 saturated carbocycles. The van der Waals surface area contributed by atoms with Crippen LogP contribution in [0, 0.1) is 0 Å². The number of nitrogens with one attached hydrogen (secondary N) is 2. The third-order valence-electron chi connectivity index (χ3n) is 8.38. The SMILES string of the molecule is O=C(NC(CCNC(c1ccccc1)(c1ccccc1)c1ccccc1)C(=O)O)OCC1c2ccccc2-c2ccccc21. The maximum Gasteiger partial charge on any atom is 0.407 e. The van der Waals surface area contributed by atoms with E-state index >= 15 is 0 Å². The molecule has 44 heavy (non-hydrogen) atoms. The minimum Gasteiger partial charge on any atom is -0.480 e. The Kier molecular flexibility index (Phi) is 8.52. The van der Waals surface area contributed by atoms with Crippen molar-refractivity contribution in [2.45, 2.75) is 23.9 Å². The van der Waals surface area contributed by atoms with Crippen molar-refractivity contribution in [3.8, 4) is 11.1 Å². The average molecular weight is 583 g/mol. The second kappa shape index (κ2) is 13.0. The van der Waals surface area contributed by atoms with Gasteiger partial charge in [0.15, 0.2) is 0 Å². The summed E-state index contributed by atoms with van der Waals surface area (Å²) >= 11 is 0. The van der Waals surface area contributed by atoms with Gasteiger partial charge in [0.25, 0.3) is 0 Å². The summed E-state index contributed by atoms with van der Waals surface area (Å²) in [7, 11) is 0. The van der Waals surface area contributed by atoms with Crippen LogP contribution in [0.4, 0.5) is 4.79 Å². The minimum absolute atomic E-state index is 0.110. The van der Waals surface area contributed by atoms with Crippen LogP contribution in [0.1, 0.15) is 40.2 Å². The summed E-state index contributed by atoms with van der Waals surface area (Å²) < 4.78 is 5.64. The summed E-state index contributed by atoms with van der Waals surface area (Å²) in [5.74, 6) is -1.23. The number of carbonyl (C=O) groups excluding carboxylic acids is 1. The van der Waals surface area contributed by atoms with Crippen LogP contribution in [0.25, 0.3) is 11.1 Å². The lowest BCUT2D eigenvalue weighted by molar-refractivity contribution is -0.139. The Hall–Kier alpha value is -5.20. The van der Waals surface area contributed by atoms with Crippen LogP contribution in [0.15, 0.2) is 140 Å². The molecule has 1 amide bonds. The number of carbonyl (C=O) groups is 2. The summed E-state index contributed by atoms with van der Waals surface area (Å²) in [4.78, 5) is 25.2. The highest BCUT2D eigenvalue weighted by atomic mass is 16.5. The molecule has 0 aromatic heterocycles. The van der Waals surface area contributed by atoms with Gasteiger partial charge < -0.3 is 15.2 Å². The maximum absolute atomic E-state index is 12.9. The van der Waals surface area contributed by atoms with Crippen LogP contribution >= 0.6 is 0 Å². The molecule has 0 heterocycles. The Morgan fingerprint density at radius 2 is 1.09 bits per heavy atom. The lowest BCUT2D eigenvalue weighted by atomic mass is 9.77. The van der Waals surface area contributed by atoms with E-state index in [1.807, 2.05) is 91.0 Å². The number of carboxylic acids is 1. The number of hydrogen-bond acceptors (Lipinski definition) is 4. The van der Waals surface area contributed by atoms with Gasteiger partial charge in [-0.2, -0.15) is 0 Å². The molecule has 1 aliphatic rings. The number of rotatable bonds is 11. The molecular weight excluding hydrogens is 548 g/mol. The molecule has 0 spiro atoms. The van der Waals surface area contributed by atoms with E-state index in [-0.39, 0.29) is 18.9 Å². The quantitative estimate of drug-likeness (QED) is 0.147. The zero-order chi connectivity index (χ0) is 30.4. The maximum atomic E-state index is 12.9. The zero-order valence-corrected chi connectivity index (χ0v) is 24.2. The molecule has 1 atom stereocenters. The van der Waals surface area contributed by atoms with Crippen LogP contribution in [-0.2, 0) is 15.1 Å². The number of fused-ring (bicyclic) bond motifs is 3. The summed E-state index contributed by atoms with van der Waals surface area (Å²) in [5, 5.41) is 16.3. The Balaban J connectivity index is 1.17. The molecule has 0 fully saturated rings. The Morgan fingerprint density at radius 1 is 0.659 bits per heavy atom. The number of alkyl carbamates (subject to hydrolysis) is 1. The van der Waals surface area contributed by atoms with Crippen molar-refractivity contribution in [1.29, 1.82) is 0 Å². The van der Waals surface area contributed by atoms with Gasteiger partial charge in [-0.3, -0.25) is 5.32 Å². The summed E-state index contributed by atoms with van der Waals surface area (Å²) in [6.07, 6.45) is -0.604. The normalized spacial score (nSPS) is 13.0. The number of aliphatic carboxylic acids is 1. The van der Waals surface area contributed by atoms with Crippen molar-refractivity contribution in [3.05, 3.63) is 167 Å². The predicted molar refractivity (Wildman–Crippen MR) is 171 cm³/mol. The Bertz CT molecular complexity index is 1580. The molecule has 1 aliphatic carbocycles. The molecular formula is C38H34N2O4. The van der Waals surface area contributed by atoms with Crippen LogP contribution in [0.3, 0.4) is 0 Å². The smallest absolute Gasteiger partial charge is 0.407 e. The highest BCUT2D eigenvalue weighted by Crippen LogP contribution is 2.44. The first-order valence-electron chi connectivity index (χ1n) is 14.8. The second-order valence-electron chi connectivity index (χ2n) is 10.9. The fourth-order valence-corrected chi connectivity index (χ4v) is 6.31. The van der Waals surface area contributed by atoms with E-state index < -0.39 is 23.6 Å². The standard InChI is InChI=1S/C38H34N2O4/c41-36(42)35(40-37(43)44-26-34-32-22-12-10-20-30(32)31-21-11-13-23-33(31)34)24-25-39-38(27-14-4-1-5-15-27,28-16-6-2-7-17-28)29-18-8-3-9-19-29/h1-23,34-35,39H,24-26H2,(H,40,43)(H,41,42). The third-order valence-corrected chi connectivity index (χ3v) is 8.38. The Labute approximate surface area is 257 Å². The summed E-state index contributed by atoms with van der Waals surface area (Å²) in [6, 6.07) is 45.4. The number of amides is 1. The number of benzene rings is 5. The molecule has 220 valence electrons. The molecule has 5 aromatic rings. The van der Waals surface area contributed by atoms with Crippen molar-refractivity contribution in [3.63, 3.8) is 0 Å². The minimum atomic E-state index is -1.14. The molecule has 0 aliphatic heterocycles. The molecule has 0 saturated heterocycles. The number of ether oxygens (including phenoxy) is 1. The largest absolute Gasteiger partial charge is 0.480 e. The van der Waals surface area contributed by atoms with Gasteiger partial charge in [0.2, 0.25) is 0 Å². The highest BCUT2D eigenvalue weighted by Gasteiger charge is 2.36. The van der Waals surface area contributed by atoms with Gasteiger partial charge in [0.1, 0.15) is 12.6 Å². The van der Waals surface area contributed by atoms with Crippen molar-refractivity contribution in [2.24, 2.45) is 0 Å². The van der Waals surface area contributed by atoms with Crippen LogP contribution in [0.2, 0.25) is 0 Å². The van der Waals surface area contributed by atoms with Crippen molar-refractivity contribution >= 4 is 12.1 Å². The lowest BCUT2D eigenvalue weighted by Crippen LogP contribution is -2.48. The van der Waals surface area contributed by atoms with E-state index in [4.69, 9.17) is 4.74 Å². The number of hydrogen-bond donors (Lipinski definition) is 3. The van der Waals surface area contributed by atoms with Gasteiger partial charge in [-0.25, -0.2) is 9.59 Å². The first-order valence-corrected chi connectivity index (χ1v) is 14.8. The first kappa shape index (κ1) is 28.9. The van der Waals surface area contributed by atoms with Gasteiger partial charge >= 0.3 is 12.1 Å². The molecule has 6 nitrogen and oxygen atoms in total. The Morgan fingerprint density at radius 3 is 1.55 bits per heavy atom. The van der Waals surface area contributed by atoms with Gasteiger partial charge in [-0.15, -0.1) is 0 Å². The predicted octanol–water partition coefficient (Wildman–Crippen LogP) is 6.95. The van der Waals surface area contributed by atoms with E-state index in [0.29, 0.717) is 6.54 Å². The van der Waals surface area contributed by atoms with Crippen LogP contribution in [-0.4, -0.2) is 36.4 Å². The summed E-state index contributed by atoms with van der Waals surface area (Å²) in [6.45, 7) is 0.420. The van der Waals surface area contributed by atoms with Gasteiger partial charge in [-0.05, 0) is 51.9 Å². The lowest BCUT2D eigenvalue weighted by Gasteiger charge is -2.37. The van der Waals surface area contributed by atoms with E-state index in [1.165, 1.54) is 0 Å². The highest BCUT2D eigenvalue weighted by molar-refractivity contribution is 5.81. The van der Waals surface area contributed by atoms with E-state index in [2.05, 4.69) is 59.2 Å². The fraction of sp³-hybridized carbons (Fsp3) is 0.158. The molecule has 0 bridgehead atoms. The molecule has 5 aromatic carbocycles. The van der Waals surface area contributed by atoms with Crippen molar-refractivity contribution in [2.75, 3.05) is 13.2 Å². The monoisotopic (exact) mass is 582 g/mol. The molecule has 3 N–H and O–H groups in total. The second-order valence-corrected chi connectivity index (χ2v) is 10.9. The van der Waals surface area contributed by atoms with Crippen molar-refractivity contribution in [1.82, 2.24) is 10.6 Å². The van der Waals surface area contributed by atoms with Crippen molar-refractivity contribution < 1.29 is 19.4 Å². The topological polar surface area (TPSA) is 87.7 Å². The van der Waals surface area contributed by atoms with Crippen LogP contribution < -0.4 is 10.6 Å². The zero-order valence-electron chi connectivity index (χ0n) is 24.2. The molecule has 6 heteroatoms. The molecule has 6 rings (SSSR count). The summed E-state index contributed by atoms with van der Waals surface area (Å²) in [5.41, 5.74) is 6.78. The third kappa shape index (κ3) is 5.72. The average Bonchev–Trinajstić information content (AvgIpc) is 3.40. The first-order chi connectivity index (χ1) is 21.6. The van der Waals surface area contributed by atoms with Crippen LogP contribution in [0.5, 0.6) is 0 Å². The number of carboxylic acid groups (broad SMARTS) is 1. The van der Waals surface area contributed by atoms with Gasteiger partial charge in [0.05, 0.1) is 5.54 Å².